The summed E-state index contributed by atoms with van der Waals surface area (Å²) in [6, 6.07) is 0. The molecule has 13 heavy (non-hydrogen) atoms. The van der Waals surface area contributed by atoms with Gasteiger partial charge in [0, 0.05) is 7.11 Å². The van der Waals surface area contributed by atoms with Crippen LogP contribution in [0.5, 0.6) is 5.88 Å². The van der Waals surface area contributed by atoms with Crippen molar-refractivity contribution in [1.82, 2.24) is 9.97 Å². The predicted octanol–water partition coefficient (Wildman–Crippen LogP) is 0.737. The van der Waals surface area contributed by atoms with E-state index in [-0.39, 0.29) is 16.7 Å². The summed E-state index contributed by atoms with van der Waals surface area (Å²) < 4.78 is 9.96. The Kier molecular flexibility index (Phi) is 3.72. The lowest BCUT2D eigenvalue weighted by Crippen LogP contribution is -2.06. The molecule has 0 aliphatic carbocycles. The first-order valence-corrected chi connectivity index (χ1v) is 4.01. The van der Waals surface area contributed by atoms with Crippen molar-refractivity contribution in [3.05, 3.63) is 11.3 Å². The number of ether oxygens (including phenoxy) is 2. The number of methoxy groups -OCH3 is 1. The first-order chi connectivity index (χ1) is 6.25. The van der Waals surface area contributed by atoms with E-state index >= 15 is 0 Å². The fourth-order valence-electron chi connectivity index (χ4n) is 0.689. The number of hydrogen-bond acceptors (Lipinski definition) is 5. The number of hydrogen-bond donors (Lipinski definition) is 1. The highest BCUT2D eigenvalue weighted by atomic mass is 35.5. The molecule has 1 aromatic rings. The zero-order chi connectivity index (χ0) is 9.68. The highest BCUT2D eigenvalue weighted by molar-refractivity contribution is 6.33. The van der Waals surface area contributed by atoms with Crippen LogP contribution in [0.25, 0.3) is 0 Å². The van der Waals surface area contributed by atoms with Gasteiger partial charge in [0.1, 0.15) is 23.8 Å². The molecule has 0 bridgehead atoms. The number of nitrogens with zero attached hydrogens (tertiary/aromatic N) is 2. The molecule has 0 aliphatic rings. The summed E-state index contributed by atoms with van der Waals surface area (Å²) in [6.07, 6.45) is 1.29. The first kappa shape index (κ1) is 10.0. The van der Waals surface area contributed by atoms with Crippen LogP contribution in [-0.4, -0.2) is 30.3 Å². The van der Waals surface area contributed by atoms with Crippen molar-refractivity contribution in [2.24, 2.45) is 0 Å². The van der Waals surface area contributed by atoms with Crippen molar-refractivity contribution in [2.75, 3.05) is 26.1 Å². The molecular formula is C7H10ClN3O2. The van der Waals surface area contributed by atoms with E-state index < -0.39 is 0 Å². The van der Waals surface area contributed by atoms with Gasteiger partial charge >= 0.3 is 0 Å². The Morgan fingerprint density at radius 1 is 1.46 bits per heavy atom. The van der Waals surface area contributed by atoms with Crippen LogP contribution in [0.4, 0.5) is 5.82 Å². The van der Waals surface area contributed by atoms with E-state index in [4.69, 9.17) is 26.8 Å². The maximum absolute atomic E-state index is 5.76. The molecule has 0 unspecified atom stereocenters. The Bertz CT molecular complexity index is 282. The van der Waals surface area contributed by atoms with Crippen LogP contribution in [0.1, 0.15) is 0 Å². The molecule has 0 amide bonds. The van der Waals surface area contributed by atoms with E-state index in [1.165, 1.54) is 6.33 Å². The van der Waals surface area contributed by atoms with Crippen molar-refractivity contribution in [3.63, 3.8) is 0 Å². The molecule has 6 heteroatoms. The van der Waals surface area contributed by atoms with Gasteiger partial charge in [0.05, 0.1) is 6.61 Å². The van der Waals surface area contributed by atoms with Gasteiger partial charge in [-0.3, -0.25) is 0 Å². The smallest absolute Gasteiger partial charge is 0.238 e. The quantitative estimate of drug-likeness (QED) is 0.731. The third kappa shape index (κ3) is 2.71. The average molecular weight is 204 g/mol. The van der Waals surface area contributed by atoms with E-state index in [9.17, 15) is 0 Å². The van der Waals surface area contributed by atoms with Gasteiger partial charge in [-0.25, -0.2) is 9.97 Å². The van der Waals surface area contributed by atoms with E-state index in [2.05, 4.69) is 9.97 Å². The monoisotopic (exact) mass is 203 g/mol. The second kappa shape index (κ2) is 4.84. The molecule has 1 heterocycles. The molecule has 5 nitrogen and oxygen atoms in total. The highest BCUT2D eigenvalue weighted by Gasteiger charge is 2.06. The molecular weight excluding hydrogens is 194 g/mol. The van der Waals surface area contributed by atoms with Gasteiger partial charge < -0.3 is 15.2 Å². The maximum Gasteiger partial charge on any atom is 0.238 e. The molecule has 0 fully saturated rings. The van der Waals surface area contributed by atoms with Gasteiger partial charge in [-0.1, -0.05) is 11.6 Å². The van der Waals surface area contributed by atoms with Gasteiger partial charge in [0.25, 0.3) is 0 Å². The molecule has 0 aliphatic heterocycles. The van der Waals surface area contributed by atoms with E-state index in [0.29, 0.717) is 13.2 Å². The van der Waals surface area contributed by atoms with Crippen molar-refractivity contribution < 1.29 is 9.47 Å². The fourth-order valence-corrected chi connectivity index (χ4v) is 0.841. The van der Waals surface area contributed by atoms with Gasteiger partial charge in [-0.15, -0.1) is 0 Å². The maximum atomic E-state index is 5.76. The fraction of sp³-hybridized carbons (Fsp3) is 0.429. The molecule has 1 rings (SSSR count). The number of nitrogen functional groups attached to an aromatic ring is 1. The summed E-state index contributed by atoms with van der Waals surface area (Å²) >= 11 is 5.76. The molecule has 0 atom stereocenters. The lowest BCUT2D eigenvalue weighted by molar-refractivity contribution is 0.144. The largest absolute Gasteiger partial charge is 0.474 e. The van der Waals surface area contributed by atoms with Crippen LogP contribution in [0, 0.1) is 0 Å². The standard InChI is InChI=1S/C7H10ClN3O2/c1-12-2-3-13-7-5(8)6(9)10-4-11-7/h4H,2-3H2,1H3,(H2,9,10,11). The normalized spacial score (nSPS) is 10.0. The minimum Gasteiger partial charge on any atom is -0.474 e. The van der Waals surface area contributed by atoms with Crippen molar-refractivity contribution in [3.8, 4) is 5.88 Å². The molecule has 0 spiro atoms. The number of nitrogens with two attached hydrogens (primary N) is 1. The third-order valence-electron chi connectivity index (χ3n) is 1.31. The topological polar surface area (TPSA) is 70.3 Å². The van der Waals surface area contributed by atoms with Crippen LogP contribution in [0.15, 0.2) is 6.33 Å². The Morgan fingerprint density at radius 2 is 2.23 bits per heavy atom. The number of anilines is 1. The minimum atomic E-state index is 0.212. The van der Waals surface area contributed by atoms with Crippen LogP contribution < -0.4 is 10.5 Å². The summed E-state index contributed by atoms with van der Waals surface area (Å²) in [7, 11) is 1.58. The summed E-state index contributed by atoms with van der Waals surface area (Å²) in [4.78, 5) is 7.50. The average Bonchev–Trinajstić information content (AvgIpc) is 2.13. The van der Waals surface area contributed by atoms with E-state index in [1.807, 2.05) is 0 Å². The second-order valence-corrected chi connectivity index (χ2v) is 2.60. The van der Waals surface area contributed by atoms with E-state index in [0.717, 1.165) is 0 Å². The molecule has 0 radical (unpaired) electrons. The highest BCUT2D eigenvalue weighted by Crippen LogP contribution is 2.24. The zero-order valence-corrected chi connectivity index (χ0v) is 7.91. The van der Waals surface area contributed by atoms with Crippen LogP contribution >= 0.6 is 11.6 Å². The number of aromatic nitrogens is 2. The van der Waals surface area contributed by atoms with Gasteiger partial charge in [0.15, 0.2) is 0 Å². The molecule has 0 saturated carbocycles. The summed E-state index contributed by atoms with van der Waals surface area (Å²) in [5, 5.41) is 0.235. The Labute approximate surface area is 80.8 Å². The lowest BCUT2D eigenvalue weighted by Gasteiger charge is -2.06. The predicted molar refractivity (Wildman–Crippen MR) is 48.8 cm³/mol. The van der Waals surface area contributed by atoms with Gasteiger partial charge in [-0.2, -0.15) is 0 Å². The van der Waals surface area contributed by atoms with Crippen molar-refractivity contribution >= 4 is 17.4 Å². The molecule has 0 saturated heterocycles. The van der Waals surface area contributed by atoms with Crippen LogP contribution in [0.3, 0.4) is 0 Å². The Morgan fingerprint density at radius 3 is 2.92 bits per heavy atom. The first-order valence-electron chi connectivity index (χ1n) is 3.63. The summed E-state index contributed by atoms with van der Waals surface area (Å²) in [6.45, 7) is 0.854. The molecule has 0 aromatic carbocycles. The van der Waals surface area contributed by atoms with Crippen molar-refractivity contribution in [2.45, 2.75) is 0 Å². The van der Waals surface area contributed by atoms with Crippen LogP contribution in [0.2, 0.25) is 5.02 Å². The zero-order valence-electron chi connectivity index (χ0n) is 7.16. The summed E-state index contributed by atoms with van der Waals surface area (Å²) in [5.74, 6) is 0.496. The summed E-state index contributed by atoms with van der Waals surface area (Å²) in [5.41, 5.74) is 5.43. The lowest BCUT2D eigenvalue weighted by atomic mass is 10.5. The Hall–Kier alpha value is -1.07. The Balaban J connectivity index is 2.61. The number of rotatable bonds is 4. The molecule has 72 valence electrons. The molecule has 2 N–H and O–H groups in total. The van der Waals surface area contributed by atoms with E-state index in [1.54, 1.807) is 7.11 Å². The van der Waals surface area contributed by atoms with Gasteiger partial charge in [0.2, 0.25) is 5.88 Å². The SMILES string of the molecule is COCCOc1ncnc(N)c1Cl. The second-order valence-electron chi connectivity index (χ2n) is 2.22. The van der Waals surface area contributed by atoms with Gasteiger partial charge in [-0.05, 0) is 0 Å². The van der Waals surface area contributed by atoms with Crippen molar-refractivity contribution in [1.29, 1.82) is 0 Å². The third-order valence-corrected chi connectivity index (χ3v) is 1.67. The minimum absolute atomic E-state index is 0.212. The molecule has 1 aromatic heterocycles. The van der Waals surface area contributed by atoms with Crippen LogP contribution in [-0.2, 0) is 4.74 Å². The number of halogens is 1.